The molecule has 27 heavy (non-hydrogen) atoms. The van der Waals surface area contributed by atoms with Crippen molar-refractivity contribution >= 4 is 33.0 Å². The van der Waals surface area contributed by atoms with Crippen molar-refractivity contribution in [2.45, 2.75) is 19.8 Å². The number of carbonyl (C=O) groups is 1. The lowest BCUT2D eigenvalue weighted by Gasteiger charge is -2.28. The highest BCUT2D eigenvalue weighted by Crippen LogP contribution is 2.27. The Kier molecular flexibility index (Phi) is 5.13. The predicted molar refractivity (Wildman–Crippen MR) is 103 cm³/mol. The van der Waals surface area contributed by atoms with E-state index in [0.29, 0.717) is 24.2 Å². The molecule has 8 nitrogen and oxygen atoms in total. The zero-order chi connectivity index (χ0) is 19.6. The smallest absolute Gasteiger partial charge is 0.293 e. The van der Waals surface area contributed by atoms with E-state index in [9.17, 15) is 23.3 Å². The lowest BCUT2D eigenvalue weighted by Crippen LogP contribution is -2.37. The number of carbonyl (C=O) groups excluding carboxylic acids is 1. The normalized spacial score (nSPS) is 16.0. The van der Waals surface area contributed by atoms with Crippen LogP contribution in [0, 0.1) is 17.0 Å². The fraction of sp³-hybridized carbons (Fsp3) is 0.278. The SMILES string of the molecule is Cc1ccc(NC(=O)c2cccc(N3CCCCS3(=O)=O)c2)c([N+](=O)[O-])c1. The van der Waals surface area contributed by atoms with Crippen LogP contribution >= 0.6 is 0 Å². The number of nitro groups is 1. The van der Waals surface area contributed by atoms with Crippen molar-refractivity contribution in [2.75, 3.05) is 21.9 Å². The zero-order valence-corrected chi connectivity index (χ0v) is 15.5. The van der Waals surface area contributed by atoms with Crippen molar-refractivity contribution in [2.24, 2.45) is 0 Å². The standard InChI is InChI=1S/C18H19N3O5S/c1-13-7-8-16(17(11-13)21(23)24)19-18(22)14-5-4-6-15(12-14)20-9-2-3-10-27(20,25)26/h4-8,11-12H,2-3,9-10H2,1H3,(H,19,22). The lowest BCUT2D eigenvalue weighted by atomic mass is 10.1. The Hall–Kier alpha value is -2.94. The molecular formula is C18H19N3O5S. The van der Waals surface area contributed by atoms with Crippen molar-refractivity contribution in [3.63, 3.8) is 0 Å². The summed E-state index contributed by atoms with van der Waals surface area (Å²) in [7, 11) is -3.39. The summed E-state index contributed by atoms with van der Waals surface area (Å²) in [6.45, 7) is 2.10. The summed E-state index contributed by atoms with van der Waals surface area (Å²) in [6.07, 6.45) is 1.38. The summed E-state index contributed by atoms with van der Waals surface area (Å²) in [6, 6.07) is 10.8. The first-order valence-electron chi connectivity index (χ1n) is 8.45. The molecule has 1 aliphatic heterocycles. The molecule has 0 bridgehead atoms. The molecular weight excluding hydrogens is 370 g/mol. The van der Waals surface area contributed by atoms with Crippen molar-refractivity contribution in [3.8, 4) is 0 Å². The Morgan fingerprint density at radius 1 is 1.19 bits per heavy atom. The Morgan fingerprint density at radius 2 is 1.96 bits per heavy atom. The van der Waals surface area contributed by atoms with Crippen molar-refractivity contribution in [1.82, 2.24) is 0 Å². The molecule has 0 saturated carbocycles. The number of aryl methyl sites for hydroxylation is 1. The summed E-state index contributed by atoms with van der Waals surface area (Å²) >= 11 is 0. The van der Waals surface area contributed by atoms with Crippen LogP contribution in [0.15, 0.2) is 42.5 Å². The quantitative estimate of drug-likeness (QED) is 0.638. The fourth-order valence-corrected chi connectivity index (χ4v) is 4.61. The van der Waals surface area contributed by atoms with Crippen molar-refractivity contribution in [3.05, 3.63) is 63.7 Å². The van der Waals surface area contributed by atoms with Crippen molar-refractivity contribution in [1.29, 1.82) is 0 Å². The molecule has 0 aliphatic carbocycles. The molecule has 1 fully saturated rings. The Bertz CT molecular complexity index is 1000. The third-order valence-corrected chi connectivity index (χ3v) is 6.21. The molecule has 1 amide bonds. The molecule has 1 saturated heterocycles. The van der Waals surface area contributed by atoms with E-state index in [-0.39, 0.29) is 22.7 Å². The van der Waals surface area contributed by atoms with Gasteiger partial charge in [0.05, 0.1) is 16.4 Å². The van der Waals surface area contributed by atoms with Crippen LogP contribution < -0.4 is 9.62 Å². The highest BCUT2D eigenvalue weighted by atomic mass is 32.2. The molecule has 0 radical (unpaired) electrons. The highest BCUT2D eigenvalue weighted by Gasteiger charge is 2.26. The molecule has 0 atom stereocenters. The van der Waals surface area contributed by atoms with Gasteiger partial charge >= 0.3 is 0 Å². The first-order chi connectivity index (χ1) is 12.8. The third-order valence-electron chi connectivity index (χ3n) is 4.34. The summed E-state index contributed by atoms with van der Waals surface area (Å²) in [4.78, 5) is 23.2. The summed E-state index contributed by atoms with van der Waals surface area (Å²) < 4.78 is 25.8. The van der Waals surface area contributed by atoms with Crippen LogP contribution in [0.3, 0.4) is 0 Å². The second-order valence-electron chi connectivity index (χ2n) is 6.38. The van der Waals surface area contributed by atoms with Crippen LogP contribution in [0.25, 0.3) is 0 Å². The van der Waals surface area contributed by atoms with Gasteiger partial charge in [-0.05, 0) is 49.6 Å². The monoisotopic (exact) mass is 389 g/mol. The second-order valence-corrected chi connectivity index (χ2v) is 8.39. The van der Waals surface area contributed by atoms with Gasteiger partial charge < -0.3 is 5.32 Å². The first-order valence-corrected chi connectivity index (χ1v) is 10.1. The van der Waals surface area contributed by atoms with Crippen LogP contribution in [0.5, 0.6) is 0 Å². The second kappa shape index (κ2) is 7.36. The van der Waals surface area contributed by atoms with Gasteiger partial charge in [-0.15, -0.1) is 0 Å². The minimum Gasteiger partial charge on any atom is -0.316 e. The van der Waals surface area contributed by atoms with Crippen LogP contribution in [-0.4, -0.2) is 31.5 Å². The molecule has 9 heteroatoms. The van der Waals surface area contributed by atoms with Gasteiger partial charge in [0.25, 0.3) is 11.6 Å². The van der Waals surface area contributed by atoms with Crippen LogP contribution in [0.1, 0.15) is 28.8 Å². The Morgan fingerprint density at radius 3 is 2.67 bits per heavy atom. The lowest BCUT2D eigenvalue weighted by molar-refractivity contribution is -0.384. The number of nitrogens with one attached hydrogen (secondary N) is 1. The molecule has 0 spiro atoms. The summed E-state index contributed by atoms with van der Waals surface area (Å²) in [5.74, 6) is -0.461. The van der Waals surface area contributed by atoms with Gasteiger partial charge in [0.15, 0.2) is 0 Å². The molecule has 2 aromatic rings. The summed E-state index contributed by atoms with van der Waals surface area (Å²) in [5, 5.41) is 13.7. The minimum atomic E-state index is -3.39. The number of benzene rings is 2. The maximum Gasteiger partial charge on any atom is 0.293 e. The average molecular weight is 389 g/mol. The Labute approximate surface area is 157 Å². The van der Waals surface area contributed by atoms with E-state index in [4.69, 9.17) is 0 Å². The molecule has 3 rings (SSSR count). The minimum absolute atomic E-state index is 0.0823. The number of nitro benzene ring substituents is 1. The van der Waals surface area contributed by atoms with Crippen LogP contribution in [0.2, 0.25) is 0 Å². The molecule has 1 heterocycles. The van der Waals surface area contributed by atoms with Gasteiger partial charge in [-0.1, -0.05) is 12.1 Å². The van der Waals surface area contributed by atoms with E-state index < -0.39 is 20.9 Å². The topological polar surface area (TPSA) is 110 Å². The van der Waals surface area contributed by atoms with E-state index in [0.717, 1.165) is 6.42 Å². The van der Waals surface area contributed by atoms with Gasteiger partial charge in [0.1, 0.15) is 5.69 Å². The Balaban J connectivity index is 1.88. The van der Waals surface area contributed by atoms with Crippen LogP contribution in [-0.2, 0) is 10.0 Å². The van der Waals surface area contributed by atoms with E-state index in [1.54, 1.807) is 25.1 Å². The van der Waals surface area contributed by atoms with E-state index >= 15 is 0 Å². The van der Waals surface area contributed by atoms with Gasteiger partial charge in [0.2, 0.25) is 10.0 Å². The summed E-state index contributed by atoms with van der Waals surface area (Å²) in [5.41, 5.74) is 1.24. The van der Waals surface area contributed by atoms with E-state index in [1.807, 2.05) is 0 Å². The molecule has 142 valence electrons. The van der Waals surface area contributed by atoms with E-state index in [2.05, 4.69) is 5.32 Å². The predicted octanol–water partition coefficient (Wildman–Crippen LogP) is 3.09. The van der Waals surface area contributed by atoms with Gasteiger partial charge in [-0.25, -0.2) is 8.42 Å². The highest BCUT2D eigenvalue weighted by molar-refractivity contribution is 7.92. The number of rotatable bonds is 4. The number of nitrogens with zero attached hydrogens (tertiary/aromatic N) is 2. The number of hydrogen-bond acceptors (Lipinski definition) is 5. The number of amides is 1. The maximum atomic E-state index is 12.6. The molecule has 0 unspecified atom stereocenters. The number of sulfonamides is 1. The third kappa shape index (κ3) is 4.08. The number of hydrogen-bond donors (Lipinski definition) is 1. The number of anilines is 2. The first kappa shape index (κ1) is 18.8. The van der Waals surface area contributed by atoms with E-state index in [1.165, 1.54) is 28.6 Å². The van der Waals surface area contributed by atoms with Gasteiger partial charge in [0, 0.05) is 18.2 Å². The zero-order valence-electron chi connectivity index (χ0n) is 14.7. The molecule has 2 aromatic carbocycles. The maximum absolute atomic E-state index is 12.6. The van der Waals surface area contributed by atoms with Crippen molar-refractivity contribution < 1.29 is 18.1 Å². The average Bonchev–Trinajstić information content (AvgIpc) is 2.62. The van der Waals surface area contributed by atoms with Gasteiger partial charge in [-0.3, -0.25) is 19.2 Å². The largest absolute Gasteiger partial charge is 0.316 e. The molecule has 1 N–H and O–H groups in total. The van der Waals surface area contributed by atoms with Gasteiger partial charge in [-0.2, -0.15) is 0 Å². The molecule has 0 aromatic heterocycles. The fourth-order valence-electron chi connectivity index (χ4n) is 2.97. The van der Waals surface area contributed by atoms with Crippen LogP contribution in [0.4, 0.5) is 17.1 Å². The molecule has 1 aliphatic rings.